The molecule has 0 atom stereocenters. The van der Waals surface area contributed by atoms with E-state index in [1.54, 1.807) is 4.40 Å². The van der Waals surface area contributed by atoms with E-state index >= 15 is 0 Å². The molecule has 62 heavy (non-hydrogen) atoms. The Morgan fingerprint density at radius 3 is 2.16 bits per heavy atom. The van der Waals surface area contributed by atoms with E-state index in [4.69, 9.17) is 19.4 Å². The van der Waals surface area contributed by atoms with Crippen LogP contribution < -0.4 is 4.40 Å². The zero-order valence-corrected chi connectivity index (χ0v) is 42.1. The van der Waals surface area contributed by atoms with Crippen LogP contribution in [0.5, 0.6) is 0 Å². The molecule has 5 nitrogen and oxygen atoms in total. The van der Waals surface area contributed by atoms with Crippen molar-refractivity contribution in [3.63, 3.8) is 0 Å². The summed E-state index contributed by atoms with van der Waals surface area (Å²) in [6, 6.07) is 51.1. The number of hydrogen-bond donors (Lipinski definition) is 0. The van der Waals surface area contributed by atoms with E-state index in [0.29, 0.717) is 17.5 Å². The van der Waals surface area contributed by atoms with Gasteiger partial charge in [0.25, 0.3) is 0 Å². The maximum Gasteiger partial charge on any atom is 0.216 e. The summed E-state index contributed by atoms with van der Waals surface area (Å²) in [7, 11) is 0. The SMILES string of the molecule is CC(C)Cc1cc(-c2[c-]cccc2)nc[c]1[Ge]([CH3])([CH3])[CH3].CC(C)c1ccc2c(n1)oc1c[c-]c(-c3nc4ccccc4n3-c3ccc(-c4ccccc4)cc3C(C)(C)C)cc12.[Ir]. The molecule has 9 aromatic rings. The number of imidazole rings is 1. The van der Waals surface area contributed by atoms with Gasteiger partial charge in [-0.2, -0.15) is 0 Å². The molecule has 5 aromatic carbocycles. The van der Waals surface area contributed by atoms with Gasteiger partial charge >= 0.3 is 126 Å². The number of fused-ring (bicyclic) bond motifs is 4. The summed E-state index contributed by atoms with van der Waals surface area (Å²) < 4.78 is 9.99. The number of para-hydroxylation sites is 2. The molecule has 0 bridgehead atoms. The van der Waals surface area contributed by atoms with Gasteiger partial charge in [-0.1, -0.05) is 88.5 Å². The van der Waals surface area contributed by atoms with Crippen LogP contribution in [0.25, 0.3) is 72.6 Å². The van der Waals surface area contributed by atoms with Crippen molar-refractivity contribution < 1.29 is 24.5 Å². The molecule has 4 aromatic heterocycles. The minimum absolute atomic E-state index is 0. The first-order valence-electron chi connectivity index (χ1n) is 21.6. The van der Waals surface area contributed by atoms with Crippen LogP contribution in [0.2, 0.25) is 17.3 Å². The van der Waals surface area contributed by atoms with Gasteiger partial charge in [-0.15, -0.1) is 23.8 Å². The third kappa shape index (κ3) is 9.44. The Morgan fingerprint density at radius 2 is 1.47 bits per heavy atom. The molecular formula is C55H56GeIrN4O-2. The topological polar surface area (TPSA) is 56.7 Å². The fraction of sp³-hybridized carbons (Fsp3) is 0.255. The molecule has 0 spiro atoms. The van der Waals surface area contributed by atoms with Crippen molar-refractivity contribution in [1.82, 2.24) is 19.5 Å². The molecule has 0 aliphatic carbocycles. The van der Waals surface area contributed by atoms with E-state index in [2.05, 4.69) is 186 Å². The molecule has 317 valence electrons. The molecule has 0 amide bonds. The smallest absolute Gasteiger partial charge is 0.216 e. The number of benzene rings is 5. The number of pyridine rings is 2. The maximum absolute atomic E-state index is 6.16. The van der Waals surface area contributed by atoms with Crippen LogP contribution in [0, 0.1) is 18.1 Å². The summed E-state index contributed by atoms with van der Waals surface area (Å²) in [5.74, 6) is 9.18. The van der Waals surface area contributed by atoms with Crippen LogP contribution in [0.15, 0.2) is 138 Å². The van der Waals surface area contributed by atoms with Gasteiger partial charge < -0.3 is 8.98 Å². The van der Waals surface area contributed by atoms with Crippen molar-refractivity contribution in [3.05, 3.63) is 163 Å². The third-order valence-corrected chi connectivity index (χ3v) is 15.6. The van der Waals surface area contributed by atoms with Gasteiger partial charge in [0.05, 0.1) is 22.4 Å². The summed E-state index contributed by atoms with van der Waals surface area (Å²) in [5.41, 5.74) is 13.7. The van der Waals surface area contributed by atoms with Crippen molar-refractivity contribution in [2.24, 2.45) is 5.92 Å². The first-order valence-corrected chi connectivity index (χ1v) is 28.9. The molecule has 0 aliphatic heterocycles. The molecule has 0 N–H and O–H groups in total. The fourth-order valence-electron chi connectivity index (χ4n) is 8.14. The maximum atomic E-state index is 6.16. The van der Waals surface area contributed by atoms with Gasteiger partial charge in [0.2, 0.25) is 5.71 Å². The van der Waals surface area contributed by atoms with E-state index in [9.17, 15) is 0 Å². The number of rotatable bonds is 8. The molecule has 0 aliphatic rings. The monoisotopic (exact) mass is 1060 g/mol. The number of nitrogens with zero attached hydrogens (tertiary/aromatic N) is 4. The van der Waals surface area contributed by atoms with E-state index in [1.165, 1.54) is 22.3 Å². The Morgan fingerprint density at radius 1 is 0.726 bits per heavy atom. The van der Waals surface area contributed by atoms with Gasteiger partial charge in [0, 0.05) is 36.9 Å². The Hall–Kier alpha value is -5.14. The van der Waals surface area contributed by atoms with E-state index in [1.807, 2.05) is 30.3 Å². The van der Waals surface area contributed by atoms with Crippen LogP contribution in [0.1, 0.15) is 71.2 Å². The van der Waals surface area contributed by atoms with E-state index in [-0.39, 0.29) is 25.5 Å². The largest absolute Gasteiger partial charge is 0.486 e. The van der Waals surface area contributed by atoms with Gasteiger partial charge in [-0.05, 0) is 64.4 Å². The van der Waals surface area contributed by atoms with Crippen LogP contribution >= 0.6 is 0 Å². The van der Waals surface area contributed by atoms with Crippen molar-refractivity contribution >= 4 is 50.8 Å². The molecule has 1 radical (unpaired) electrons. The standard InChI is InChI=1S/C37H32N3O.C18H24GeN.Ir/c1-23(2)30-18-17-27-28-21-26(16-20-34(28)41-36(27)39-30)35-38-31-13-9-10-14-33(31)40(35)32-19-15-25(22-29(32)37(3,4)5)24-11-7-6-8-12-24;1-14(2)11-16-12-18(15-9-7-6-8-10-15)20-13-17(16)19(3,4)5;/h6-15,17-23H,1-5H3;6-9,12-14H,11H2,1-5H3;/q2*-1;. The number of hydrogen-bond acceptors (Lipinski definition) is 4. The van der Waals surface area contributed by atoms with Gasteiger partial charge in [-0.25, -0.2) is 4.98 Å². The molecule has 7 heteroatoms. The predicted molar refractivity (Wildman–Crippen MR) is 259 cm³/mol. The van der Waals surface area contributed by atoms with E-state index < -0.39 is 13.3 Å². The first kappa shape index (κ1) is 44.9. The van der Waals surface area contributed by atoms with Gasteiger partial charge in [-0.3, -0.25) is 4.98 Å². The fourth-order valence-corrected chi connectivity index (χ4v) is 11.5. The average Bonchev–Trinajstić information content (AvgIpc) is 3.81. The van der Waals surface area contributed by atoms with Crippen LogP contribution in [0.3, 0.4) is 0 Å². The summed E-state index contributed by atoms with van der Waals surface area (Å²) in [6.07, 6.45) is 3.27. The second-order valence-electron chi connectivity index (χ2n) is 18.9. The van der Waals surface area contributed by atoms with Crippen molar-refractivity contribution in [3.8, 4) is 39.5 Å². The van der Waals surface area contributed by atoms with Crippen molar-refractivity contribution in [1.29, 1.82) is 0 Å². The minimum Gasteiger partial charge on any atom is -0.486 e. The molecular weight excluding hydrogens is 997 g/mol. The normalized spacial score (nSPS) is 11.9. The quantitative estimate of drug-likeness (QED) is 0.112. The summed E-state index contributed by atoms with van der Waals surface area (Å²) in [4.78, 5) is 14.6. The molecule has 4 heterocycles. The first-order chi connectivity index (χ1) is 29.2. The van der Waals surface area contributed by atoms with Crippen molar-refractivity contribution in [2.45, 2.75) is 83.5 Å². The Labute approximate surface area is 383 Å². The minimum atomic E-state index is -1.86. The predicted octanol–water partition coefficient (Wildman–Crippen LogP) is 14.2. The second-order valence-corrected chi connectivity index (χ2v) is 29.5. The Kier molecular flexibility index (Phi) is 13.3. The molecule has 9 rings (SSSR count). The molecule has 0 saturated heterocycles. The summed E-state index contributed by atoms with van der Waals surface area (Å²) in [6.45, 7) is 15.7. The van der Waals surface area contributed by atoms with Gasteiger partial charge in [0.1, 0.15) is 0 Å². The second kappa shape index (κ2) is 18.3. The molecule has 0 fully saturated rings. The Balaban J connectivity index is 0.000000233. The molecule has 0 unspecified atom stereocenters. The number of aromatic nitrogens is 4. The van der Waals surface area contributed by atoms with Crippen molar-refractivity contribution in [2.75, 3.05) is 0 Å². The zero-order valence-electron chi connectivity index (χ0n) is 37.6. The third-order valence-electron chi connectivity index (χ3n) is 11.2. The van der Waals surface area contributed by atoms with Crippen LogP contribution in [-0.4, -0.2) is 32.8 Å². The van der Waals surface area contributed by atoms with Gasteiger partial charge in [0.15, 0.2) is 0 Å². The Bertz CT molecular complexity index is 2970. The van der Waals surface area contributed by atoms with E-state index in [0.717, 1.165) is 67.8 Å². The zero-order chi connectivity index (χ0) is 43.1. The summed E-state index contributed by atoms with van der Waals surface area (Å²) >= 11 is -1.86. The average molecular weight is 1050 g/mol. The van der Waals surface area contributed by atoms with Crippen LogP contribution in [0.4, 0.5) is 0 Å². The molecule has 0 saturated carbocycles. The summed E-state index contributed by atoms with van der Waals surface area (Å²) in [5, 5.41) is 2.02. The number of furan rings is 1. The van der Waals surface area contributed by atoms with Crippen LogP contribution in [-0.2, 0) is 31.9 Å².